The number of nitrogens with zero attached hydrogens (tertiary/aromatic N) is 1. The van der Waals surface area contributed by atoms with E-state index in [0.717, 1.165) is 17.2 Å². The summed E-state index contributed by atoms with van der Waals surface area (Å²) in [5.74, 6) is -1.45. The van der Waals surface area contributed by atoms with Gasteiger partial charge in [0.15, 0.2) is 5.75 Å². The smallest absolute Gasteiger partial charge is 0.404 e. The molecule has 3 aromatic rings. The molecule has 0 aromatic heterocycles. The first-order valence-electron chi connectivity index (χ1n) is 10.9. The summed E-state index contributed by atoms with van der Waals surface area (Å²) in [6.07, 6.45) is -3.75. The molecule has 0 unspecified atom stereocenters. The van der Waals surface area contributed by atoms with Crippen LogP contribution in [-0.4, -0.2) is 42.7 Å². The Morgan fingerprint density at radius 2 is 1.51 bits per heavy atom. The summed E-state index contributed by atoms with van der Waals surface area (Å²) >= 11 is 0. The van der Waals surface area contributed by atoms with Crippen LogP contribution < -0.4 is 15.4 Å². The number of anilines is 2. The van der Waals surface area contributed by atoms with E-state index in [1.807, 2.05) is 42.5 Å². The van der Waals surface area contributed by atoms with E-state index >= 15 is 0 Å². The molecular formula is C26H24F3N3O3. The molecular weight excluding hydrogens is 459 g/mol. The molecule has 182 valence electrons. The van der Waals surface area contributed by atoms with Crippen molar-refractivity contribution in [3.05, 3.63) is 78.4 Å². The predicted molar refractivity (Wildman–Crippen MR) is 127 cm³/mol. The molecule has 9 heteroatoms. The van der Waals surface area contributed by atoms with Crippen LogP contribution >= 0.6 is 0 Å². The second-order valence-electron chi connectivity index (χ2n) is 8.54. The minimum Gasteiger partial charge on any atom is -0.404 e. The molecule has 1 aliphatic carbocycles. The Balaban J connectivity index is 1.53. The molecule has 0 heterocycles. The molecule has 4 rings (SSSR count). The van der Waals surface area contributed by atoms with Crippen LogP contribution in [0.4, 0.5) is 24.5 Å². The van der Waals surface area contributed by atoms with Crippen LogP contribution in [0.25, 0.3) is 11.1 Å². The van der Waals surface area contributed by atoms with E-state index in [1.165, 1.54) is 12.1 Å². The first kappa shape index (κ1) is 24.3. The van der Waals surface area contributed by atoms with Gasteiger partial charge in [-0.15, -0.1) is 13.2 Å². The summed E-state index contributed by atoms with van der Waals surface area (Å²) in [6.45, 7) is 0. The van der Waals surface area contributed by atoms with E-state index in [4.69, 9.17) is 0 Å². The number of halogens is 3. The topological polar surface area (TPSA) is 70.7 Å². The van der Waals surface area contributed by atoms with Gasteiger partial charge < -0.3 is 15.4 Å². The maximum absolute atomic E-state index is 12.9. The molecule has 0 saturated heterocycles. The average Bonchev–Trinajstić information content (AvgIpc) is 3.63. The van der Waals surface area contributed by atoms with Crippen molar-refractivity contribution in [2.45, 2.75) is 24.7 Å². The molecule has 1 aliphatic rings. The summed E-state index contributed by atoms with van der Waals surface area (Å²) in [5, 5.41) is 5.20. The molecule has 1 saturated carbocycles. The van der Waals surface area contributed by atoms with Gasteiger partial charge in [-0.05, 0) is 68.4 Å². The molecule has 35 heavy (non-hydrogen) atoms. The normalized spacial score (nSPS) is 14.3. The second kappa shape index (κ2) is 9.42. The Hall–Kier alpha value is -3.85. The molecule has 1 fully saturated rings. The van der Waals surface area contributed by atoms with Crippen LogP contribution in [0.3, 0.4) is 0 Å². The number of carbonyl (C=O) groups excluding carboxylic acids is 2. The van der Waals surface area contributed by atoms with Gasteiger partial charge in [-0.2, -0.15) is 0 Å². The third-order valence-corrected chi connectivity index (χ3v) is 5.97. The summed E-state index contributed by atoms with van der Waals surface area (Å²) in [7, 11) is 3.47. The van der Waals surface area contributed by atoms with Crippen LogP contribution in [-0.2, 0) is 4.79 Å². The lowest BCUT2D eigenvalue weighted by molar-refractivity contribution is -0.274. The Labute approximate surface area is 200 Å². The monoisotopic (exact) mass is 483 g/mol. The molecule has 0 aliphatic heterocycles. The number of ether oxygens (including phenoxy) is 1. The predicted octanol–water partition coefficient (Wildman–Crippen LogP) is 5.54. The lowest BCUT2D eigenvalue weighted by atomic mass is 10.0. The quantitative estimate of drug-likeness (QED) is 0.463. The van der Waals surface area contributed by atoms with E-state index in [2.05, 4.69) is 15.4 Å². The van der Waals surface area contributed by atoms with E-state index in [1.54, 1.807) is 31.1 Å². The van der Waals surface area contributed by atoms with Crippen LogP contribution in [0.1, 0.15) is 23.2 Å². The van der Waals surface area contributed by atoms with Crippen molar-refractivity contribution in [2.75, 3.05) is 24.7 Å². The summed E-state index contributed by atoms with van der Waals surface area (Å²) in [4.78, 5) is 27.3. The largest absolute Gasteiger partial charge is 0.573 e. The number of benzene rings is 3. The Morgan fingerprint density at radius 3 is 2.09 bits per heavy atom. The Morgan fingerprint density at radius 1 is 0.886 bits per heavy atom. The van der Waals surface area contributed by atoms with E-state index in [9.17, 15) is 22.8 Å². The fourth-order valence-electron chi connectivity index (χ4n) is 3.80. The van der Waals surface area contributed by atoms with Crippen LogP contribution in [0.15, 0.2) is 72.8 Å². The van der Waals surface area contributed by atoms with E-state index in [0.29, 0.717) is 18.4 Å². The zero-order valence-electron chi connectivity index (χ0n) is 19.1. The molecule has 0 spiro atoms. The van der Waals surface area contributed by atoms with Gasteiger partial charge in [0.25, 0.3) is 5.91 Å². The minimum absolute atomic E-state index is 0.183. The lowest BCUT2D eigenvalue weighted by Crippen LogP contribution is -2.42. The van der Waals surface area contributed by atoms with Crippen molar-refractivity contribution in [3.8, 4) is 16.9 Å². The third-order valence-electron chi connectivity index (χ3n) is 5.97. The number of nitrogens with one attached hydrogen (secondary N) is 2. The van der Waals surface area contributed by atoms with Gasteiger partial charge in [0, 0.05) is 11.3 Å². The molecule has 3 aromatic carbocycles. The average molecular weight is 483 g/mol. The number of alkyl halides is 3. The fraction of sp³-hybridized carbons (Fsp3) is 0.231. The fourth-order valence-corrected chi connectivity index (χ4v) is 3.80. The number of rotatable bonds is 7. The van der Waals surface area contributed by atoms with Crippen molar-refractivity contribution >= 4 is 23.2 Å². The van der Waals surface area contributed by atoms with Gasteiger partial charge in [-0.1, -0.05) is 42.5 Å². The maximum Gasteiger partial charge on any atom is 0.573 e. The molecule has 0 atom stereocenters. The highest BCUT2D eigenvalue weighted by molar-refractivity contribution is 6.06. The van der Waals surface area contributed by atoms with Gasteiger partial charge in [0.2, 0.25) is 5.91 Å². The standard InChI is InChI=1S/C26H24F3N3O3/c1-32(2)25(14-15-25)24(34)31-21-16-20(12-13-22(21)35-26(27,28)29)30-23(33)19-10-8-18(9-11-19)17-6-4-3-5-7-17/h3-13,16H,14-15H2,1-2H3,(H,30,33)(H,31,34). The Bertz CT molecular complexity index is 1220. The van der Waals surface area contributed by atoms with Gasteiger partial charge in [-0.3, -0.25) is 14.5 Å². The molecule has 2 amide bonds. The van der Waals surface area contributed by atoms with Crippen LogP contribution in [0.5, 0.6) is 5.75 Å². The number of likely N-dealkylation sites (N-methyl/N-ethyl adjacent to an activating group) is 1. The first-order valence-corrected chi connectivity index (χ1v) is 10.9. The van der Waals surface area contributed by atoms with Crippen molar-refractivity contribution in [2.24, 2.45) is 0 Å². The Kier molecular flexibility index (Phi) is 6.53. The molecule has 0 bridgehead atoms. The van der Waals surface area contributed by atoms with E-state index in [-0.39, 0.29) is 11.4 Å². The van der Waals surface area contributed by atoms with Gasteiger partial charge in [0.05, 0.1) is 5.69 Å². The first-order chi connectivity index (χ1) is 16.6. The summed E-state index contributed by atoms with van der Waals surface area (Å²) in [5.41, 5.74) is 1.58. The highest BCUT2D eigenvalue weighted by Gasteiger charge is 2.52. The van der Waals surface area contributed by atoms with Gasteiger partial charge >= 0.3 is 6.36 Å². The van der Waals surface area contributed by atoms with Crippen molar-refractivity contribution in [1.82, 2.24) is 4.90 Å². The maximum atomic E-state index is 12.9. The summed E-state index contributed by atoms with van der Waals surface area (Å²) in [6, 6.07) is 20.2. The second-order valence-corrected chi connectivity index (χ2v) is 8.54. The SMILES string of the molecule is CN(C)C1(C(=O)Nc2cc(NC(=O)c3ccc(-c4ccccc4)cc3)ccc2OC(F)(F)F)CC1. The number of amides is 2. The number of hydrogen-bond acceptors (Lipinski definition) is 4. The zero-order valence-corrected chi connectivity index (χ0v) is 19.1. The van der Waals surface area contributed by atoms with Crippen molar-refractivity contribution in [3.63, 3.8) is 0 Å². The zero-order chi connectivity index (χ0) is 25.2. The highest BCUT2D eigenvalue weighted by atomic mass is 19.4. The van der Waals surface area contributed by atoms with Gasteiger partial charge in [-0.25, -0.2) is 0 Å². The summed E-state index contributed by atoms with van der Waals surface area (Å²) < 4.78 is 42.8. The van der Waals surface area contributed by atoms with Crippen LogP contribution in [0.2, 0.25) is 0 Å². The highest BCUT2D eigenvalue weighted by Crippen LogP contribution is 2.42. The van der Waals surface area contributed by atoms with Crippen molar-refractivity contribution in [1.29, 1.82) is 0 Å². The van der Waals surface area contributed by atoms with Gasteiger partial charge in [0.1, 0.15) is 5.54 Å². The molecule has 2 N–H and O–H groups in total. The minimum atomic E-state index is -4.94. The van der Waals surface area contributed by atoms with Crippen molar-refractivity contribution < 1.29 is 27.5 Å². The number of carbonyl (C=O) groups is 2. The van der Waals surface area contributed by atoms with Crippen LogP contribution in [0, 0.1) is 0 Å². The number of hydrogen-bond donors (Lipinski definition) is 2. The van der Waals surface area contributed by atoms with E-state index < -0.39 is 29.5 Å². The third kappa shape index (κ3) is 5.63. The lowest BCUT2D eigenvalue weighted by Gasteiger charge is -2.23. The molecule has 0 radical (unpaired) electrons. The molecule has 6 nitrogen and oxygen atoms in total.